The summed E-state index contributed by atoms with van der Waals surface area (Å²) in [6, 6.07) is -4.04. The number of nitrogens with zero attached hydrogens (tertiary/aromatic N) is 2. The summed E-state index contributed by atoms with van der Waals surface area (Å²) < 4.78 is 39.3. The van der Waals surface area contributed by atoms with E-state index in [1.54, 1.807) is 5.32 Å². The average molecular weight is 600 g/mol. The lowest BCUT2D eigenvalue weighted by molar-refractivity contribution is -0.176. The number of piperidine rings is 1. The van der Waals surface area contributed by atoms with Gasteiger partial charge in [0.05, 0.1) is 6.04 Å². The molecule has 4 rings (SSSR count). The Balaban J connectivity index is 1.59. The second-order valence-corrected chi connectivity index (χ2v) is 13.6. The van der Waals surface area contributed by atoms with E-state index in [1.807, 2.05) is 13.8 Å². The number of ketones is 1. The molecule has 1 aliphatic carbocycles. The van der Waals surface area contributed by atoms with E-state index >= 15 is 0 Å². The van der Waals surface area contributed by atoms with E-state index < -0.39 is 65.0 Å². The summed E-state index contributed by atoms with van der Waals surface area (Å²) in [6.45, 7) is 9.66. The number of Topliss-reactive ketones (excluding diaryl/α,β-unsaturated/α-hetero) is 1. The molecule has 3 aliphatic heterocycles. The molecule has 14 heteroatoms. The molecule has 0 spiro atoms. The fourth-order valence-corrected chi connectivity index (χ4v) is 6.71. The fraction of sp³-hybridized carbons (Fsp3) is 0.786. The fourth-order valence-electron chi connectivity index (χ4n) is 6.71. The van der Waals surface area contributed by atoms with Crippen molar-refractivity contribution in [3.63, 3.8) is 0 Å². The van der Waals surface area contributed by atoms with Crippen LogP contribution in [0.1, 0.15) is 60.3 Å². The van der Waals surface area contributed by atoms with Crippen molar-refractivity contribution < 1.29 is 41.9 Å². The number of likely N-dealkylation sites (tertiary alicyclic amines) is 2. The van der Waals surface area contributed by atoms with Crippen LogP contribution in [-0.2, 0) is 28.8 Å². The molecule has 5 amide bonds. The topological polar surface area (TPSA) is 145 Å². The Morgan fingerprint density at radius 1 is 1.05 bits per heavy atom. The van der Waals surface area contributed by atoms with Crippen LogP contribution in [0, 0.1) is 28.6 Å². The molecule has 4 aliphatic rings. The normalized spacial score (nSPS) is 28.0. The number of hydrogen-bond donors (Lipinski definition) is 3. The van der Waals surface area contributed by atoms with Crippen molar-refractivity contribution in [1.82, 2.24) is 25.8 Å². The Morgan fingerprint density at radius 2 is 1.67 bits per heavy atom. The van der Waals surface area contributed by atoms with Crippen LogP contribution in [0.2, 0.25) is 0 Å². The summed E-state index contributed by atoms with van der Waals surface area (Å²) in [6.07, 6.45) is -3.39. The number of hydrogen-bond acceptors (Lipinski definition) is 6. The maximum Gasteiger partial charge on any atom is 0.471 e. The standard InChI is InChI=1S/C28H40F3N5O6/c1-26(2,3)20(34-25(42)28(29,30)31)24(41)36-13-15-17(27(15,4)5)18(36)22(39)33-16(12-14-8-9-32-21(14)38)19(37)23(40)35-10-6-7-11-35/h14-18,20H,6-13H2,1-5H3,(H,32,38)(H,33,39)(H,34,42)/t14-,15-,16-,17-,18-,20+/m0/s1. The largest absolute Gasteiger partial charge is 0.471 e. The van der Waals surface area contributed by atoms with Gasteiger partial charge in [0.25, 0.3) is 5.91 Å². The highest BCUT2D eigenvalue weighted by Crippen LogP contribution is 2.65. The first-order valence-electron chi connectivity index (χ1n) is 14.4. The lowest BCUT2D eigenvalue weighted by atomic mass is 9.85. The SMILES string of the molecule is CC(C)(C)[C@H](NC(=O)C(F)(F)F)C(=O)N1C[C@H]2[C@@H]([C@H]1C(=O)N[C@@H](C[C@@H]1CCNC1=O)C(=O)C(=O)N1CCCC1)C2(C)C. The minimum Gasteiger partial charge on any atom is -0.356 e. The summed E-state index contributed by atoms with van der Waals surface area (Å²) in [4.78, 5) is 80.8. The molecule has 6 atom stereocenters. The third-order valence-electron chi connectivity index (χ3n) is 9.33. The van der Waals surface area contributed by atoms with Crippen molar-refractivity contribution in [3.8, 4) is 0 Å². The van der Waals surface area contributed by atoms with Gasteiger partial charge in [-0.1, -0.05) is 34.6 Å². The van der Waals surface area contributed by atoms with Crippen molar-refractivity contribution in [2.75, 3.05) is 26.2 Å². The van der Waals surface area contributed by atoms with Gasteiger partial charge >= 0.3 is 12.1 Å². The number of carbonyl (C=O) groups excluding carboxylic acids is 6. The molecule has 0 unspecified atom stereocenters. The highest BCUT2D eigenvalue weighted by atomic mass is 19.4. The van der Waals surface area contributed by atoms with Crippen molar-refractivity contribution in [2.24, 2.45) is 28.6 Å². The Kier molecular flexibility index (Phi) is 8.42. The van der Waals surface area contributed by atoms with Crippen molar-refractivity contribution in [2.45, 2.75) is 84.6 Å². The summed E-state index contributed by atoms with van der Waals surface area (Å²) in [5.41, 5.74) is -1.49. The number of halogens is 3. The highest BCUT2D eigenvalue weighted by molar-refractivity contribution is 6.38. The molecule has 0 bridgehead atoms. The van der Waals surface area contributed by atoms with E-state index in [-0.39, 0.29) is 36.1 Å². The smallest absolute Gasteiger partial charge is 0.356 e. The monoisotopic (exact) mass is 599 g/mol. The zero-order valence-electron chi connectivity index (χ0n) is 24.6. The summed E-state index contributed by atoms with van der Waals surface area (Å²) >= 11 is 0. The van der Waals surface area contributed by atoms with Crippen molar-refractivity contribution >= 4 is 35.3 Å². The summed E-state index contributed by atoms with van der Waals surface area (Å²) in [5, 5.41) is 7.14. The van der Waals surface area contributed by atoms with E-state index in [1.165, 1.54) is 30.6 Å². The molecular weight excluding hydrogens is 559 g/mol. The quantitative estimate of drug-likeness (QED) is 0.352. The third-order valence-corrected chi connectivity index (χ3v) is 9.33. The van der Waals surface area contributed by atoms with Crippen molar-refractivity contribution in [1.29, 1.82) is 0 Å². The van der Waals surface area contributed by atoms with Gasteiger partial charge < -0.3 is 25.8 Å². The Morgan fingerprint density at radius 3 is 2.19 bits per heavy atom. The Bertz CT molecular complexity index is 1160. The van der Waals surface area contributed by atoms with Crippen LogP contribution in [0.25, 0.3) is 0 Å². The van der Waals surface area contributed by atoms with Gasteiger partial charge in [-0.25, -0.2) is 0 Å². The molecule has 0 radical (unpaired) electrons. The maximum absolute atomic E-state index is 13.9. The zero-order valence-corrected chi connectivity index (χ0v) is 24.6. The van der Waals surface area contributed by atoms with Gasteiger partial charge in [0.2, 0.25) is 23.5 Å². The molecule has 1 saturated carbocycles. The van der Waals surface area contributed by atoms with E-state index in [9.17, 15) is 41.9 Å². The minimum absolute atomic E-state index is 0.0827. The molecule has 234 valence electrons. The average Bonchev–Trinajstić information content (AvgIpc) is 3.46. The van der Waals surface area contributed by atoms with Crippen LogP contribution in [0.5, 0.6) is 0 Å². The van der Waals surface area contributed by atoms with Crippen LogP contribution in [-0.4, -0.2) is 95.6 Å². The number of amides is 5. The molecule has 3 saturated heterocycles. The molecule has 0 aromatic heterocycles. The van der Waals surface area contributed by atoms with E-state index in [0.29, 0.717) is 26.1 Å². The predicted octanol–water partition coefficient (Wildman–Crippen LogP) is 0.765. The van der Waals surface area contributed by atoms with Gasteiger partial charge in [-0.2, -0.15) is 13.2 Å². The zero-order chi connectivity index (χ0) is 31.4. The van der Waals surface area contributed by atoms with Gasteiger partial charge in [-0.3, -0.25) is 28.8 Å². The second-order valence-electron chi connectivity index (χ2n) is 13.6. The highest BCUT2D eigenvalue weighted by Gasteiger charge is 2.70. The molecular formula is C28H40F3N5O6. The first kappa shape index (κ1) is 31.7. The summed E-state index contributed by atoms with van der Waals surface area (Å²) in [5.74, 6) is -6.78. The van der Waals surface area contributed by atoms with Gasteiger partial charge in [-0.15, -0.1) is 0 Å². The Labute approximate surface area is 242 Å². The van der Waals surface area contributed by atoms with Crippen LogP contribution < -0.4 is 16.0 Å². The molecule has 3 heterocycles. The first-order valence-corrected chi connectivity index (χ1v) is 14.4. The summed E-state index contributed by atoms with van der Waals surface area (Å²) in [7, 11) is 0. The Hall–Kier alpha value is -3.19. The molecule has 0 aromatic carbocycles. The van der Waals surface area contributed by atoms with Crippen LogP contribution >= 0.6 is 0 Å². The van der Waals surface area contributed by atoms with Crippen LogP contribution in [0.3, 0.4) is 0 Å². The second kappa shape index (κ2) is 11.1. The number of fused-ring (bicyclic) bond motifs is 1. The molecule has 11 nitrogen and oxygen atoms in total. The molecule has 42 heavy (non-hydrogen) atoms. The molecule has 0 aromatic rings. The third kappa shape index (κ3) is 6.12. The lowest BCUT2D eigenvalue weighted by Crippen LogP contribution is -2.61. The first-order chi connectivity index (χ1) is 19.4. The number of alkyl halides is 3. The van der Waals surface area contributed by atoms with Gasteiger partial charge in [-0.05, 0) is 48.3 Å². The predicted molar refractivity (Wildman–Crippen MR) is 142 cm³/mol. The van der Waals surface area contributed by atoms with Gasteiger partial charge in [0.15, 0.2) is 0 Å². The van der Waals surface area contributed by atoms with Crippen molar-refractivity contribution in [3.05, 3.63) is 0 Å². The van der Waals surface area contributed by atoms with E-state index in [2.05, 4.69) is 10.6 Å². The van der Waals surface area contributed by atoms with E-state index in [4.69, 9.17) is 0 Å². The van der Waals surface area contributed by atoms with E-state index in [0.717, 1.165) is 12.8 Å². The van der Waals surface area contributed by atoms with Crippen LogP contribution in [0.15, 0.2) is 0 Å². The van der Waals surface area contributed by atoms with Gasteiger partial charge in [0, 0.05) is 32.1 Å². The van der Waals surface area contributed by atoms with Crippen LogP contribution in [0.4, 0.5) is 13.2 Å². The number of rotatable bonds is 8. The minimum atomic E-state index is -5.21. The maximum atomic E-state index is 13.9. The molecule has 3 N–H and O–H groups in total. The number of carbonyl (C=O) groups is 6. The lowest BCUT2D eigenvalue weighted by Gasteiger charge is -2.38. The molecule has 4 fully saturated rings. The number of nitrogens with one attached hydrogen (secondary N) is 3. The van der Waals surface area contributed by atoms with Gasteiger partial charge in [0.1, 0.15) is 12.1 Å².